The van der Waals surface area contributed by atoms with E-state index < -0.39 is 11.8 Å². The summed E-state index contributed by atoms with van der Waals surface area (Å²) in [5.41, 5.74) is 4.98. The summed E-state index contributed by atoms with van der Waals surface area (Å²) in [6.45, 7) is 9.49. The molecule has 0 saturated carbocycles. The van der Waals surface area contributed by atoms with Gasteiger partial charge in [-0.3, -0.25) is 9.78 Å². The summed E-state index contributed by atoms with van der Waals surface area (Å²) in [6, 6.07) is 20.4. The van der Waals surface area contributed by atoms with Gasteiger partial charge in [-0.05, 0) is 48.2 Å². The first-order valence-corrected chi connectivity index (χ1v) is 12.9. The van der Waals surface area contributed by atoms with Gasteiger partial charge in [-0.1, -0.05) is 57.2 Å². The van der Waals surface area contributed by atoms with Crippen molar-refractivity contribution in [3.05, 3.63) is 106 Å². The third-order valence-corrected chi connectivity index (χ3v) is 6.22. The molecule has 0 fully saturated rings. The number of ether oxygens (including phenoxy) is 2. The molecule has 0 amide bonds. The van der Waals surface area contributed by atoms with Crippen LogP contribution in [0.5, 0.6) is 11.6 Å². The Morgan fingerprint density at radius 3 is 2.35 bits per heavy atom. The van der Waals surface area contributed by atoms with E-state index in [1.165, 1.54) is 6.07 Å². The number of hydrogen-bond acceptors (Lipinski definition) is 5. The van der Waals surface area contributed by atoms with Crippen LogP contribution in [0.1, 0.15) is 61.0 Å². The molecule has 4 rings (SSSR count). The Morgan fingerprint density at radius 1 is 0.975 bits per heavy atom. The van der Waals surface area contributed by atoms with Crippen LogP contribution < -0.4 is 9.47 Å². The van der Waals surface area contributed by atoms with Gasteiger partial charge < -0.3 is 14.6 Å². The van der Waals surface area contributed by atoms with Gasteiger partial charge in [0.2, 0.25) is 5.88 Å². The topological polar surface area (TPSA) is 86.5 Å². The van der Waals surface area contributed by atoms with E-state index >= 15 is 0 Å². The van der Waals surface area contributed by atoms with Crippen molar-refractivity contribution in [2.45, 2.75) is 65.7 Å². The van der Waals surface area contributed by atoms with Gasteiger partial charge in [0.25, 0.3) is 0 Å². The van der Waals surface area contributed by atoms with Crippen LogP contribution in [-0.4, -0.2) is 63.6 Å². The van der Waals surface area contributed by atoms with Crippen molar-refractivity contribution in [3.8, 4) is 11.6 Å². The number of halogens is 1. The molecule has 40 heavy (non-hydrogen) atoms. The second kappa shape index (κ2) is 14.1. The second-order valence-electron chi connectivity index (χ2n) is 10.6. The summed E-state index contributed by atoms with van der Waals surface area (Å²) >= 11 is 0. The maximum atomic E-state index is 14.3. The molecule has 2 aromatic heterocycles. The van der Waals surface area contributed by atoms with Crippen molar-refractivity contribution < 1.29 is 23.8 Å². The number of rotatable bonds is 11. The van der Waals surface area contributed by atoms with Crippen molar-refractivity contribution in [2.24, 2.45) is 0 Å². The molecule has 4 aromatic rings. The average molecular weight is 574 g/mol. The molecule has 0 unspecified atom stereocenters. The minimum atomic E-state index is -0.955. The summed E-state index contributed by atoms with van der Waals surface area (Å²) in [5.74, 6) is -0.339. The number of aliphatic carboxylic acids is 1. The Bertz CT molecular complexity index is 1430. The zero-order chi connectivity index (χ0) is 28.0. The molecule has 0 atom stereocenters. The molecule has 0 saturated heterocycles. The Morgan fingerprint density at radius 2 is 1.70 bits per heavy atom. The summed E-state index contributed by atoms with van der Waals surface area (Å²) in [5, 5.41) is 13.6. The number of carbonyl (C=O) groups is 1. The number of carboxylic acids is 1. The molecule has 0 radical (unpaired) electrons. The van der Waals surface area contributed by atoms with Crippen molar-refractivity contribution >= 4 is 43.7 Å². The van der Waals surface area contributed by atoms with E-state index in [-0.39, 0.29) is 62.6 Å². The van der Waals surface area contributed by atoms with Crippen LogP contribution in [0.3, 0.4) is 0 Å². The Balaban J connectivity index is 0.00000441. The number of carboxylic acid groups (broad SMARTS) is 1. The van der Waals surface area contributed by atoms with Crippen molar-refractivity contribution in [1.82, 2.24) is 14.8 Å². The van der Waals surface area contributed by atoms with Gasteiger partial charge in [-0.25, -0.2) is 9.07 Å². The van der Waals surface area contributed by atoms with Gasteiger partial charge in [0, 0.05) is 29.7 Å². The quantitative estimate of drug-likeness (QED) is 0.244. The summed E-state index contributed by atoms with van der Waals surface area (Å²) in [7, 11) is 0. The zero-order valence-electron chi connectivity index (χ0n) is 22.8. The van der Waals surface area contributed by atoms with Crippen molar-refractivity contribution in [1.29, 1.82) is 0 Å². The fraction of sp³-hybridized carbons (Fsp3) is 0.323. The number of nitrogens with zero attached hydrogens (tertiary/aromatic N) is 3. The average Bonchev–Trinajstić information content (AvgIpc) is 3.29. The van der Waals surface area contributed by atoms with Gasteiger partial charge in [0.05, 0.1) is 17.9 Å². The number of aromatic nitrogens is 3. The van der Waals surface area contributed by atoms with Gasteiger partial charge in [0.1, 0.15) is 24.8 Å². The SMILES string of the molecule is Cc1cccc(COc2cc(C(C)(C)C)nn2Cc2ccc(COc3ccc(CCC(=O)O)c(F)c3)cc2)n1.[CaH2]. The molecule has 0 aliphatic carbocycles. The van der Waals surface area contributed by atoms with Crippen molar-refractivity contribution in [3.63, 3.8) is 0 Å². The molecule has 0 bridgehead atoms. The van der Waals surface area contributed by atoms with Crippen LogP contribution in [-0.2, 0) is 36.4 Å². The molecular weight excluding hydrogens is 537 g/mol. The first-order chi connectivity index (χ1) is 18.6. The monoisotopic (exact) mass is 573 g/mol. The van der Waals surface area contributed by atoms with Crippen molar-refractivity contribution in [2.75, 3.05) is 0 Å². The fourth-order valence-corrected chi connectivity index (χ4v) is 3.97. The molecule has 2 aromatic carbocycles. The number of aryl methyl sites for hydroxylation is 2. The van der Waals surface area contributed by atoms with E-state index in [2.05, 4.69) is 25.8 Å². The molecule has 9 heteroatoms. The van der Waals surface area contributed by atoms with Gasteiger partial charge in [0.15, 0.2) is 0 Å². The van der Waals surface area contributed by atoms with E-state index in [9.17, 15) is 9.18 Å². The standard InChI is InChI=1S/C31H34FN3O4.Ca.2H/c1-21-6-5-7-25(33-21)20-39-29-17-28(31(2,3)4)34-35(29)18-22-8-10-23(11-9-22)19-38-26-14-12-24(27(32)16-26)13-15-30(36)37;;;/h5-12,14,16-17H,13,15,18-20H2,1-4H3,(H,36,37);;;. The number of pyridine rings is 1. The summed E-state index contributed by atoms with van der Waals surface area (Å²) in [6.07, 6.45) is 0.0308. The molecule has 0 aliphatic heterocycles. The van der Waals surface area contributed by atoms with Crippen LogP contribution in [0.4, 0.5) is 4.39 Å². The Hall–Kier alpha value is -2.94. The molecule has 2 heterocycles. The number of hydrogen-bond donors (Lipinski definition) is 1. The summed E-state index contributed by atoms with van der Waals surface area (Å²) < 4.78 is 28.0. The molecule has 0 aliphatic rings. The molecule has 208 valence electrons. The van der Waals surface area contributed by atoms with E-state index in [1.807, 2.05) is 60.1 Å². The van der Waals surface area contributed by atoms with Crippen LogP contribution in [0, 0.1) is 12.7 Å². The minimum absolute atomic E-state index is 0. The molecule has 1 N–H and O–H groups in total. The van der Waals surface area contributed by atoms with Crippen LogP contribution in [0.15, 0.2) is 66.7 Å². The predicted octanol–water partition coefficient (Wildman–Crippen LogP) is 5.33. The third-order valence-electron chi connectivity index (χ3n) is 6.22. The van der Waals surface area contributed by atoms with Crippen LogP contribution in [0.2, 0.25) is 0 Å². The summed E-state index contributed by atoms with van der Waals surface area (Å²) in [4.78, 5) is 15.2. The first kappa shape index (κ1) is 31.6. The molecular formula is C31H36CaFN3O4. The fourth-order valence-electron chi connectivity index (χ4n) is 3.97. The second-order valence-corrected chi connectivity index (χ2v) is 10.6. The predicted molar refractivity (Wildman–Crippen MR) is 155 cm³/mol. The Labute approximate surface area is 264 Å². The van der Waals surface area contributed by atoms with Crippen LogP contribution in [0.25, 0.3) is 0 Å². The molecule has 7 nitrogen and oxygen atoms in total. The maximum absolute atomic E-state index is 14.3. The van der Waals surface area contributed by atoms with E-state index in [1.54, 1.807) is 12.1 Å². The Kier molecular flexibility index (Phi) is 11.1. The van der Waals surface area contributed by atoms with Gasteiger partial charge in [-0.15, -0.1) is 0 Å². The van der Waals surface area contributed by atoms with Gasteiger partial charge in [-0.2, -0.15) is 5.10 Å². The van der Waals surface area contributed by atoms with Crippen LogP contribution >= 0.6 is 0 Å². The van der Waals surface area contributed by atoms with E-state index in [4.69, 9.17) is 19.7 Å². The van der Waals surface area contributed by atoms with Gasteiger partial charge >= 0.3 is 43.7 Å². The van der Waals surface area contributed by atoms with E-state index in [0.29, 0.717) is 30.3 Å². The van der Waals surface area contributed by atoms with E-state index in [0.717, 1.165) is 28.2 Å². The first-order valence-electron chi connectivity index (χ1n) is 12.9. The zero-order valence-corrected chi connectivity index (χ0v) is 22.8. The normalized spacial score (nSPS) is 11.1. The number of benzene rings is 2. The third kappa shape index (κ3) is 9.04. The molecule has 0 spiro atoms.